The molecule has 0 rings (SSSR count). The van der Waals surface area contributed by atoms with Gasteiger partial charge in [0.25, 0.3) is 0 Å². The van der Waals surface area contributed by atoms with Crippen LogP contribution in [0.25, 0.3) is 0 Å². The van der Waals surface area contributed by atoms with E-state index in [-0.39, 0.29) is 6.61 Å². The van der Waals surface area contributed by atoms with E-state index in [1.54, 1.807) is 0 Å². The molecule has 1 unspecified atom stereocenters. The van der Waals surface area contributed by atoms with Crippen LogP contribution in [0.2, 0.25) is 0 Å². The maximum atomic E-state index is 9.19. The minimum absolute atomic E-state index is 0.0851. The van der Waals surface area contributed by atoms with Crippen molar-refractivity contribution >= 4 is 0 Å². The lowest BCUT2D eigenvalue weighted by molar-refractivity contribution is 0.0860. The van der Waals surface area contributed by atoms with Gasteiger partial charge in [0.2, 0.25) is 0 Å². The van der Waals surface area contributed by atoms with E-state index in [1.807, 2.05) is 0 Å². The summed E-state index contributed by atoms with van der Waals surface area (Å²) < 4.78 is 0. The fourth-order valence-corrected chi connectivity index (χ4v) is 2.49. The molecular weight excluding hydrogens is 236 g/mol. The molecule has 0 aliphatic heterocycles. The zero-order chi connectivity index (χ0) is 14.2. The molecule has 0 heterocycles. The number of hydrogen-bond donors (Lipinski definition) is 2. The Hall–Kier alpha value is -0.0800. The van der Waals surface area contributed by atoms with E-state index in [2.05, 4.69) is 6.92 Å². The minimum atomic E-state index is -0.493. The number of rotatable bonds is 15. The van der Waals surface area contributed by atoms with E-state index in [9.17, 15) is 5.11 Å². The first-order chi connectivity index (χ1) is 9.31. The number of unbranched alkanes of at least 4 members (excludes halogenated alkanes) is 12. The second kappa shape index (κ2) is 16.0. The summed E-state index contributed by atoms with van der Waals surface area (Å²) in [5.74, 6) is 0. The smallest absolute Gasteiger partial charge is 0.0770 e. The van der Waals surface area contributed by atoms with Crippen molar-refractivity contribution in [2.45, 2.75) is 103 Å². The van der Waals surface area contributed by atoms with Gasteiger partial charge < -0.3 is 10.2 Å². The molecule has 2 heteroatoms. The molecule has 116 valence electrons. The van der Waals surface area contributed by atoms with Crippen molar-refractivity contribution < 1.29 is 10.2 Å². The van der Waals surface area contributed by atoms with E-state index < -0.39 is 6.10 Å². The van der Waals surface area contributed by atoms with Crippen molar-refractivity contribution in [2.24, 2.45) is 0 Å². The normalized spacial score (nSPS) is 12.8. The van der Waals surface area contributed by atoms with E-state index >= 15 is 0 Å². The van der Waals surface area contributed by atoms with Gasteiger partial charge in [-0.25, -0.2) is 0 Å². The Balaban J connectivity index is 2.95. The average Bonchev–Trinajstić information content (AvgIpc) is 2.43. The maximum Gasteiger partial charge on any atom is 0.0770 e. The molecule has 0 amide bonds. The molecule has 2 nitrogen and oxygen atoms in total. The topological polar surface area (TPSA) is 40.5 Å². The van der Waals surface area contributed by atoms with Gasteiger partial charge in [0.15, 0.2) is 0 Å². The first-order valence-corrected chi connectivity index (χ1v) is 8.60. The van der Waals surface area contributed by atoms with Crippen molar-refractivity contribution in [3.63, 3.8) is 0 Å². The second-order valence-electron chi connectivity index (χ2n) is 5.87. The molecule has 0 aliphatic rings. The van der Waals surface area contributed by atoms with Crippen LogP contribution < -0.4 is 0 Å². The maximum absolute atomic E-state index is 9.19. The molecule has 0 aromatic heterocycles. The highest BCUT2D eigenvalue weighted by atomic mass is 16.3. The van der Waals surface area contributed by atoms with Gasteiger partial charge in [0, 0.05) is 0 Å². The van der Waals surface area contributed by atoms with Gasteiger partial charge in [0.05, 0.1) is 12.7 Å². The SMILES string of the molecule is CCCCCCCCCCCCCCCC(O)CO. The fraction of sp³-hybridized carbons (Fsp3) is 1.00. The Bertz CT molecular complexity index is 159. The number of aliphatic hydroxyl groups is 2. The van der Waals surface area contributed by atoms with Gasteiger partial charge in [0.1, 0.15) is 0 Å². The Morgan fingerprint density at radius 2 is 1.00 bits per heavy atom. The first kappa shape index (κ1) is 18.9. The summed E-state index contributed by atoms with van der Waals surface area (Å²) in [6, 6.07) is 0. The van der Waals surface area contributed by atoms with Crippen molar-refractivity contribution in [3.05, 3.63) is 0 Å². The Morgan fingerprint density at radius 1 is 0.632 bits per heavy atom. The molecule has 0 aromatic carbocycles. The second-order valence-corrected chi connectivity index (χ2v) is 5.87. The molecule has 0 saturated heterocycles. The highest BCUT2D eigenvalue weighted by Crippen LogP contribution is 2.13. The van der Waals surface area contributed by atoms with E-state index in [1.165, 1.54) is 77.0 Å². The van der Waals surface area contributed by atoms with Crippen LogP contribution in [-0.4, -0.2) is 22.9 Å². The lowest BCUT2D eigenvalue weighted by Crippen LogP contribution is -2.10. The molecule has 2 N–H and O–H groups in total. The van der Waals surface area contributed by atoms with Crippen LogP contribution in [0.15, 0.2) is 0 Å². The van der Waals surface area contributed by atoms with Crippen LogP contribution in [-0.2, 0) is 0 Å². The third-order valence-electron chi connectivity index (χ3n) is 3.85. The molecule has 0 aliphatic carbocycles. The van der Waals surface area contributed by atoms with E-state index in [0.29, 0.717) is 0 Å². The highest BCUT2D eigenvalue weighted by molar-refractivity contribution is 4.54. The van der Waals surface area contributed by atoms with Crippen molar-refractivity contribution in [1.29, 1.82) is 0 Å². The first-order valence-electron chi connectivity index (χ1n) is 8.60. The average molecular weight is 272 g/mol. The van der Waals surface area contributed by atoms with Gasteiger partial charge in [-0.3, -0.25) is 0 Å². The molecule has 1 atom stereocenters. The molecule has 0 saturated carbocycles. The van der Waals surface area contributed by atoms with Crippen LogP contribution in [0.1, 0.15) is 96.8 Å². The molecule has 0 bridgehead atoms. The summed E-state index contributed by atoms with van der Waals surface area (Å²) in [5.41, 5.74) is 0. The summed E-state index contributed by atoms with van der Waals surface area (Å²) in [4.78, 5) is 0. The van der Waals surface area contributed by atoms with E-state index in [4.69, 9.17) is 5.11 Å². The summed E-state index contributed by atoms with van der Waals surface area (Å²) in [6.45, 7) is 2.18. The monoisotopic (exact) mass is 272 g/mol. The standard InChI is InChI=1S/C17H36O2/c1-2-3-4-5-6-7-8-9-10-11-12-13-14-15-17(19)16-18/h17-19H,2-16H2,1H3. The Morgan fingerprint density at radius 3 is 1.37 bits per heavy atom. The zero-order valence-corrected chi connectivity index (χ0v) is 13.1. The highest BCUT2D eigenvalue weighted by Gasteiger charge is 2.00. The van der Waals surface area contributed by atoms with Gasteiger partial charge in [-0.15, -0.1) is 0 Å². The predicted molar refractivity (Wildman–Crippen MR) is 83.4 cm³/mol. The van der Waals surface area contributed by atoms with Crippen LogP contribution >= 0.6 is 0 Å². The van der Waals surface area contributed by atoms with Crippen LogP contribution in [0, 0.1) is 0 Å². The van der Waals surface area contributed by atoms with Gasteiger partial charge >= 0.3 is 0 Å². The van der Waals surface area contributed by atoms with Crippen LogP contribution in [0.3, 0.4) is 0 Å². The molecule has 0 spiro atoms. The van der Waals surface area contributed by atoms with Crippen LogP contribution in [0.5, 0.6) is 0 Å². The largest absolute Gasteiger partial charge is 0.394 e. The van der Waals surface area contributed by atoms with Gasteiger partial charge in [-0.2, -0.15) is 0 Å². The summed E-state index contributed by atoms with van der Waals surface area (Å²) in [7, 11) is 0. The summed E-state index contributed by atoms with van der Waals surface area (Å²) in [5, 5.41) is 17.9. The fourth-order valence-electron chi connectivity index (χ4n) is 2.49. The molecule has 0 radical (unpaired) electrons. The van der Waals surface area contributed by atoms with Crippen molar-refractivity contribution in [3.8, 4) is 0 Å². The molecular formula is C17H36O2. The summed E-state index contributed by atoms with van der Waals surface area (Å²) in [6.07, 6.45) is 17.8. The quantitative estimate of drug-likeness (QED) is 0.420. The van der Waals surface area contributed by atoms with Gasteiger partial charge in [-0.1, -0.05) is 90.4 Å². The Kier molecular flexibility index (Phi) is 15.9. The third-order valence-corrected chi connectivity index (χ3v) is 3.85. The predicted octanol–water partition coefficient (Wildman–Crippen LogP) is 4.82. The molecule has 19 heavy (non-hydrogen) atoms. The lowest BCUT2D eigenvalue weighted by atomic mass is 10.0. The lowest BCUT2D eigenvalue weighted by Gasteiger charge is -2.06. The summed E-state index contributed by atoms with van der Waals surface area (Å²) >= 11 is 0. The molecule has 0 aromatic rings. The number of aliphatic hydroxyl groups excluding tert-OH is 2. The van der Waals surface area contributed by atoms with Gasteiger partial charge in [-0.05, 0) is 6.42 Å². The number of hydrogen-bond acceptors (Lipinski definition) is 2. The minimum Gasteiger partial charge on any atom is -0.394 e. The van der Waals surface area contributed by atoms with E-state index in [0.717, 1.165) is 12.8 Å². The van der Waals surface area contributed by atoms with Crippen molar-refractivity contribution in [1.82, 2.24) is 0 Å². The zero-order valence-electron chi connectivity index (χ0n) is 13.1. The van der Waals surface area contributed by atoms with Crippen LogP contribution in [0.4, 0.5) is 0 Å². The van der Waals surface area contributed by atoms with Crippen molar-refractivity contribution in [2.75, 3.05) is 6.61 Å². The third kappa shape index (κ3) is 15.9. The molecule has 0 fully saturated rings. The Labute approximate surface area is 120 Å².